The van der Waals surface area contributed by atoms with Crippen molar-refractivity contribution in [1.82, 2.24) is 14.7 Å². The van der Waals surface area contributed by atoms with Gasteiger partial charge in [-0.25, -0.2) is 4.39 Å². The van der Waals surface area contributed by atoms with Gasteiger partial charge in [0.25, 0.3) is 0 Å². The number of aromatic nitrogens is 2. The molecule has 0 radical (unpaired) electrons. The predicted octanol–water partition coefficient (Wildman–Crippen LogP) is 2.09. The van der Waals surface area contributed by atoms with Crippen LogP contribution in [0.4, 0.5) is 4.39 Å². The minimum absolute atomic E-state index is 0.0885. The molecule has 20 heavy (non-hydrogen) atoms. The highest BCUT2D eigenvalue weighted by atomic mass is 19.1. The Morgan fingerprint density at radius 1 is 1.25 bits per heavy atom. The van der Waals surface area contributed by atoms with E-state index in [-0.39, 0.29) is 11.9 Å². The van der Waals surface area contributed by atoms with Gasteiger partial charge in [-0.05, 0) is 25.1 Å². The molecule has 1 aromatic carbocycles. The molecule has 0 saturated carbocycles. The molecule has 1 aliphatic heterocycles. The third-order valence-corrected chi connectivity index (χ3v) is 3.61. The highest BCUT2D eigenvalue weighted by Gasteiger charge is 2.28. The fraction of sp³-hybridized carbons (Fsp3) is 0.400. The third-order valence-electron chi connectivity index (χ3n) is 3.61. The van der Waals surface area contributed by atoms with Crippen LogP contribution in [0.5, 0.6) is 5.75 Å². The minimum Gasteiger partial charge on any atom is -0.485 e. The smallest absolute Gasteiger partial charge is 0.165 e. The van der Waals surface area contributed by atoms with E-state index in [4.69, 9.17) is 4.74 Å². The zero-order chi connectivity index (χ0) is 13.9. The average Bonchev–Trinajstić information content (AvgIpc) is 2.80. The topological polar surface area (TPSA) is 30.3 Å². The first-order valence-corrected chi connectivity index (χ1v) is 6.84. The molecule has 0 amide bonds. The van der Waals surface area contributed by atoms with E-state index in [0.717, 1.165) is 26.2 Å². The molecule has 0 bridgehead atoms. The molecule has 0 spiro atoms. The molecule has 5 heteroatoms. The lowest BCUT2D eigenvalue weighted by Crippen LogP contribution is -2.54. The Morgan fingerprint density at radius 3 is 2.75 bits per heavy atom. The zero-order valence-electron chi connectivity index (χ0n) is 11.5. The average molecular weight is 275 g/mol. The first kappa shape index (κ1) is 13.1. The van der Waals surface area contributed by atoms with Crippen molar-refractivity contribution in [3.63, 3.8) is 0 Å². The molecule has 2 aromatic rings. The second-order valence-electron chi connectivity index (χ2n) is 5.13. The standard InChI is InChI=1S/C15H18FN3O/c1-12-6-7-17-19(12)9-8-18-10-13(11-18)20-15-5-3-2-4-14(15)16/h2-7,13H,8-11H2,1H3. The first-order valence-electron chi connectivity index (χ1n) is 6.84. The molecule has 1 fully saturated rings. The highest BCUT2D eigenvalue weighted by molar-refractivity contribution is 5.24. The molecule has 4 nitrogen and oxygen atoms in total. The Balaban J connectivity index is 1.43. The van der Waals surface area contributed by atoms with Gasteiger partial charge >= 0.3 is 0 Å². The van der Waals surface area contributed by atoms with Gasteiger partial charge in [0.15, 0.2) is 11.6 Å². The number of halogens is 1. The Labute approximate surface area is 117 Å². The van der Waals surface area contributed by atoms with Gasteiger partial charge in [0, 0.05) is 31.5 Å². The Kier molecular flexibility index (Phi) is 3.69. The predicted molar refractivity (Wildman–Crippen MR) is 74.2 cm³/mol. The highest BCUT2D eigenvalue weighted by Crippen LogP contribution is 2.20. The van der Waals surface area contributed by atoms with Crippen molar-refractivity contribution in [2.45, 2.75) is 19.6 Å². The molecule has 1 saturated heterocycles. The van der Waals surface area contributed by atoms with Crippen LogP contribution in [0.15, 0.2) is 36.5 Å². The van der Waals surface area contributed by atoms with E-state index in [1.165, 1.54) is 11.8 Å². The van der Waals surface area contributed by atoms with Crippen molar-refractivity contribution < 1.29 is 9.13 Å². The van der Waals surface area contributed by atoms with Crippen molar-refractivity contribution >= 4 is 0 Å². The van der Waals surface area contributed by atoms with Gasteiger partial charge in [-0.3, -0.25) is 9.58 Å². The quantitative estimate of drug-likeness (QED) is 0.837. The number of hydrogen-bond acceptors (Lipinski definition) is 3. The van der Waals surface area contributed by atoms with Gasteiger partial charge in [-0.15, -0.1) is 0 Å². The second-order valence-corrected chi connectivity index (χ2v) is 5.13. The summed E-state index contributed by atoms with van der Waals surface area (Å²) >= 11 is 0. The number of nitrogens with zero attached hydrogens (tertiary/aromatic N) is 3. The van der Waals surface area contributed by atoms with E-state index in [0.29, 0.717) is 5.75 Å². The van der Waals surface area contributed by atoms with Crippen molar-refractivity contribution in [2.75, 3.05) is 19.6 Å². The van der Waals surface area contributed by atoms with Crippen LogP contribution in [0.3, 0.4) is 0 Å². The zero-order valence-corrected chi connectivity index (χ0v) is 11.5. The van der Waals surface area contributed by atoms with E-state index >= 15 is 0 Å². The number of ether oxygens (including phenoxy) is 1. The van der Waals surface area contributed by atoms with Gasteiger partial charge in [-0.2, -0.15) is 5.10 Å². The lowest BCUT2D eigenvalue weighted by atomic mass is 10.1. The summed E-state index contributed by atoms with van der Waals surface area (Å²) in [4.78, 5) is 2.28. The molecular weight excluding hydrogens is 257 g/mol. The molecular formula is C15H18FN3O. The maximum atomic E-state index is 13.4. The maximum absolute atomic E-state index is 13.4. The molecule has 0 aliphatic carbocycles. The van der Waals surface area contributed by atoms with Crippen LogP contribution in [0.25, 0.3) is 0 Å². The van der Waals surface area contributed by atoms with Crippen LogP contribution in [-0.2, 0) is 6.54 Å². The molecule has 1 aromatic heterocycles. The molecule has 1 aliphatic rings. The fourth-order valence-electron chi connectivity index (χ4n) is 2.37. The van der Waals surface area contributed by atoms with Crippen LogP contribution in [0.2, 0.25) is 0 Å². The lowest BCUT2D eigenvalue weighted by Gasteiger charge is -2.39. The summed E-state index contributed by atoms with van der Waals surface area (Å²) in [7, 11) is 0. The maximum Gasteiger partial charge on any atom is 0.165 e. The summed E-state index contributed by atoms with van der Waals surface area (Å²) in [6.07, 6.45) is 1.90. The number of hydrogen-bond donors (Lipinski definition) is 0. The second kappa shape index (κ2) is 5.63. The number of para-hydroxylation sites is 1. The minimum atomic E-state index is -0.293. The third kappa shape index (κ3) is 2.82. The van der Waals surface area contributed by atoms with E-state index < -0.39 is 0 Å². The van der Waals surface area contributed by atoms with E-state index in [1.807, 2.05) is 23.9 Å². The van der Waals surface area contributed by atoms with Gasteiger partial charge in [-0.1, -0.05) is 12.1 Å². The molecule has 106 valence electrons. The van der Waals surface area contributed by atoms with Crippen LogP contribution >= 0.6 is 0 Å². The summed E-state index contributed by atoms with van der Waals surface area (Å²) in [5, 5.41) is 4.25. The van der Waals surface area contributed by atoms with Crippen molar-refractivity contribution in [1.29, 1.82) is 0 Å². The summed E-state index contributed by atoms with van der Waals surface area (Å²) in [6.45, 7) is 5.56. The fourth-order valence-corrected chi connectivity index (χ4v) is 2.37. The van der Waals surface area contributed by atoms with Crippen molar-refractivity contribution in [2.24, 2.45) is 0 Å². The van der Waals surface area contributed by atoms with Gasteiger partial charge < -0.3 is 4.74 Å². The normalized spacial score (nSPS) is 16.1. The number of rotatable bonds is 5. The number of benzene rings is 1. The SMILES string of the molecule is Cc1ccnn1CCN1CC(Oc2ccccc2F)C1. The van der Waals surface area contributed by atoms with E-state index in [2.05, 4.69) is 10.00 Å². The molecule has 2 heterocycles. The Bertz CT molecular complexity index is 578. The Morgan fingerprint density at radius 2 is 2.05 bits per heavy atom. The Hall–Kier alpha value is -1.88. The van der Waals surface area contributed by atoms with E-state index in [1.54, 1.807) is 18.2 Å². The van der Waals surface area contributed by atoms with Gasteiger partial charge in [0.1, 0.15) is 6.10 Å². The molecule has 0 unspecified atom stereocenters. The summed E-state index contributed by atoms with van der Waals surface area (Å²) in [5.74, 6) is 0.0539. The van der Waals surface area contributed by atoms with Crippen LogP contribution in [0, 0.1) is 12.7 Å². The molecule has 0 N–H and O–H groups in total. The lowest BCUT2D eigenvalue weighted by molar-refractivity contribution is 0.0151. The van der Waals surface area contributed by atoms with Crippen LogP contribution in [-0.4, -0.2) is 40.4 Å². The summed E-state index contributed by atoms with van der Waals surface area (Å²) < 4.78 is 21.1. The number of likely N-dealkylation sites (tertiary alicyclic amines) is 1. The summed E-state index contributed by atoms with van der Waals surface area (Å²) in [5.41, 5.74) is 1.17. The first-order chi connectivity index (χ1) is 9.72. The molecule has 3 rings (SSSR count). The van der Waals surface area contributed by atoms with Gasteiger partial charge in [0.2, 0.25) is 0 Å². The van der Waals surface area contributed by atoms with E-state index in [9.17, 15) is 4.39 Å². The van der Waals surface area contributed by atoms with Crippen molar-refractivity contribution in [3.05, 3.63) is 48.0 Å². The largest absolute Gasteiger partial charge is 0.485 e. The van der Waals surface area contributed by atoms with Crippen LogP contribution < -0.4 is 4.74 Å². The van der Waals surface area contributed by atoms with Crippen LogP contribution in [0.1, 0.15) is 5.69 Å². The monoisotopic (exact) mass is 275 g/mol. The van der Waals surface area contributed by atoms with Gasteiger partial charge in [0.05, 0.1) is 6.54 Å². The van der Waals surface area contributed by atoms with Crippen molar-refractivity contribution in [3.8, 4) is 5.75 Å². The summed E-state index contributed by atoms with van der Waals surface area (Å²) in [6, 6.07) is 8.55. The molecule has 0 atom stereocenters. The number of aryl methyl sites for hydroxylation is 1.